The van der Waals surface area contributed by atoms with Gasteiger partial charge < -0.3 is 5.32 Å². The molecule has 1 aromatic rings. The van der Waals surface area contributed by atoms with Crippen molar-refractivity contribution in [3.05, 3.63) is 19.4 Å². The highest BCUT2D eigenvalue weighted by molar-refractivity contribution is 14.1. The van der Waals surface area contributed by atoms with Gasteiger partial charge in [0.2, 0.25) is 0 Å². The third kappa shape index (κ3) is 2.31. The first-order valence-electron chi connectivity index (χ1n) is 6.25. The van der Waals surface area contributed by atoms with Gasteiger partial charge in [-0.15, -0.1) is 11.3 Å². The molecule has 1 saturated carbocycles. The van der Waals surface area contributed by atoms with Crippen LogP contribution >= 0.6 is 33.9 Å². The summed E-state index contributed by atoms with van der Waals surface area (Å²) in [4.78, 5) is 1.64. The maximum absolute atomic E-state index is 3.79. The van der Waals surface area contributed by atoms with Crippen LogP contribution in [0.25, 0.3) is 0 Å². The summed E-state index contributed by atoms with van der Waals surface area (Å²) in [5, 5.41) is 3.79. The lowest BCUT2D eigenvalue weighted by Gasteiger charge is -2.23. The third-order valence-electron chi connectivity index (χ3n) is 3.99. The summed E-state index contributed by atoms with van der Waals surface area (Å²) in [5.74, 6) is 1.93. The highest BCUT2D eigenvalue weighted by Crippen LogP contribution is 2.39. The number of rotatable bonds is 3. The second kappa shape index (κ2) is 4.58. The van der Waals surface area contributed by atoms with Gasteiger partial charge in [-0.05, 0) is 78.3 Å². The van der Waals surface area contributed by atoms with E-state index in [2.05, 4.69) is 40.9 Å². The maximum atomic E-state index is 3.79. The van der Waals surface area contributed by atoms with E-state index in [-0.39, 0.29) is 0 Å². The Morgan fingerprint density at radius 2 is 2.38 bits per heavy atom. The zero-order valence-corrected chi connectivity index (χ0v) is 12.6. The van der Waals surface area contributed by atoms with E-state index in [0.29, 0.717) is 6.04 Å². The van der Waals surface area contributed by atoms with Crippen molar-refractivity contribution in [1.82, 2.24) is 5.32 Å². The Morgan fingerprint density at radius 3 is 3.12 bits per heavy atom. The average Bonchev–Trinajstić information content (AvgIpc) is 2.81. The average molecular weight is 347 g/mol. The van der Waals surface area contributed by atoms with Crippen LogP contribution in [0.1, 0.15) is 42.7 Å². The Bertz CT molecular complexity index is 387. The Hall–Kier alpha value is 0.390. The van der Waals surface area contributed by atoms with Gasteiger partial charge in [0.15, 0.2) is 0 Å². The van der Waals surface area contributed by atoms with Gasteiger partial charge in [0.25, 0.3) is 0 Å². The van der Waals surface area contributed by atoms with Crippen molar-refractivity contribution in [1.29, 1.82) is 0 Å². The summed E-state index contributed by atoms with van der Waals surface area (Å²) >= 11 is 4.45. The molecule has 1 aromatic heterocycles. The predicted octanol–water partition coefficient (Wildman–Crippen LogP) is 3.98. The van der Waals surface area contributed by atoms with E-state index in [1.165, 1.54) is 35.1 Å². The monoisotopic (exact) mass is 347 g/mol. The van der Waals surface area contributed by atoms with Crippen molar-refractivity contribution < 1.29 is 0 Å². The van der Waals surface area contributed by atoms with Gasteiger partial charge in [-0.3, -0.25) is 0 Å². The number of fused-ring (bicyclic) bond motifs is 1. The van der Waals surface area contributed by atoms with Crippen molar-refractivity contribution in [2.45, 2.75) is 38.6 Å². The van der Waals surface area contributed by atoms with Crippen LogP contribution < -0.4 is 5.32 Å². The van der Waals surface area contributed by atoms with Crippen LogP contribution in [0.3, 0.4) is 0 Å². The fraction of sp³-hybridized carbons (Fsp3) is 0.692. The molecule has 0 radical (unpaired) electrons. The fourth-order valence-electron chi connectivity index (χ4n) is 2.71. The first-order valence-corrected chi connectivity index (χ1v) is 8.15. The van der Waals surface area contributed by atoms with Crippen molar-refractivity contribution in [2.24, 2.45) is 11.8 Å². The zero-order valence-electron chi connectivity index (χ0n) is 9.63. The molecule has 2 aliphatic carbocycles. The van der Waals surface area contributed by atoms with Crippen LogP contribution in [0.5, 0.6) is 0 Å². The van der Waals surface area contributed by atoms with Crippen LogP contribution in [0.15, 0.2) is 6.07 Å². The van der Waals surface area contributed by atoms with Gasteiger partial charge in [0.1, 0.15) is 0 Å². The van der Waals surface area contributed by atoms with Crippen LogP contribution in [0.4, 0.5) is 0 Å². The van der Waals surface area contributed by atoms with Crippen LogP contribution in [0.2, 0.25) is 0 Å². The van der Waals surface area contributed by atoms with Crippen LogP contribution in [0, 0.1) is 14.7 Å². The van der Waals surface area contributed by atoms with Crippen LogP contribution in [-0.2, 0) is 6.42 Å². The Labute approximate surface area is 115 Å². The van der Waals surface area contributed by atoms with Crippen molar-refractivity contribution >= 4 is 33.9 Å². The zero-order chi connectivity index (χ0) is 11.1. The summed E-state index contributed by atoms with van der Waals surface area (Å²) in [7, 11) is 0. The summed E-state index contributed by atoms with van der Waals surface area (Å²) in [6.45, 7) is 3.60. The molecule has 0 aliphatic heterocycles. The maximum Gasteiger partial charge on any atom is 0.0659 e. The second-order valence-electron chi connectivity index (χ2n) is 5.26. The number of hydrogen-bond acceptors (Lipinski definition) is 2. The van der Waals surface area contributed by atoms with Gasteiger partial charge in [-0.1, -0.05) is 6.92 Å². The minimum Gasteiger partial charge on any atom is -0.310 e. The molecule has 1 fully saturated rings. The van der Waals surface area contributed by atoms with Gasteiger partial charge in [0.05, 0.1) is 2.88 Å². The molecule has 1 heterocycles. The number of thiophene rings is 1. The second-order valence-corrected chi connectivity index (χ2v) is 8.29. The van der Waals surface area contributed by atoms with E-state index in [1.54, 1.807) is 10.4 Å². The molecule has 88 valence electrons. The Balaban J connectivity index is 1.67. The number of aryl methyl sites for hydroxylation is 1. The minimum atomic E-state index is 0.649. The van der Waals surface area contributed by atoms with Gasteiger partial charge >= 0.3 is 0 Å². The molecule has 3 heteroatoms. The first-order chi connectivity index (χ1) is 7.74. The molecule has 0 saturated heterocycles. The standard InChI is InChI=1S/C13H18INS/c1-8-5-9(8)7-15-11-3-2-4-12-10(11)6-13(14)16-12/h6,8-9,11,15H,2-5,7H2,1H3. The molecule has 1 nitrogen and oxygen atoms in total. The summed E-state index contributed by atoms with van der Waals surface area (Å²) in [6, 6.07) is 3.05. The lowest BCUT2D eigenvalue weighted by molar-refractivity contribution is 0.448. The molecule has 3 unspecified atom stereocenters. The first kappa shape index (κ1) is 11.5. The van der Waals surface area contributed by atoms with E-state index in [4.69, 9.17) is 0 Å². The SMILES string of the molecule is CC1CC1CNC1CCCc2sc(I)cc21. The molecule has 0 bridgehead atoms. The largest absolute Gasteiger partial charge is 0.310 e. The smallest absolute Gasteiger partial charge is 0.0659 e. The molecule has 3 atom stereocenters. The third-order valence-corrected chi connectivity index (χ3v) is 5.96. The van der Waals surface area contributed by atoms with Gasteiger partial charge in [-0.25, -0.2) is 0 Å². The van der Waals surface area contributed by atoms with Crippen molar-refractivity contribution in [3.63, 3.8) is 0 Å². The van der Waals surface area contributed by atoms with E-state index in [1.807, 2.05) is 11.3 Å². The molecular weight excluding hydrogens is 329 g/mol. The Kier molecular flexibility index (Phi) is 3.28. The topological polar surface area (TPSA) is 12.0 Å². The number of halogens is 1. The van der Waals surface area contributed by atoms with E-state index in [0.717, 1.165) is 11.8 Å². The van der Waals surface area contributed by atoms with Gasteiger partial charge in [0, 0.05) is 10.9 Å². The quantitative estimate of drug-likeness (QED) is 0.816. The van der Waals surface area contributed by atoms with Crippen molar-refractivity contribution in [3.8, 4) is 0 Å². The molecule has 16 heavy (non-hydrogen) atoms. The Morgan fingerprint density at radius 1 is 1.56 bits per heavy atom. The summed E-state index contributed by atoms with van der Waals surface area (Å²) in [6.07, 6.45) is 5.44. The fourth-order valence-corrected chi connectivity index (χ4v) is 4.83. The van der Waals surface area contributed by atoms with E-state index >= 15 is 0 Å². The molecule has 0 aromatic carbocycles. The van der Waals surface area contributed by atoms with Crippen LogP contribution in [-0.4, -0.2) is 6.54 Å². The normalized spacial score (nSPS) is 32.5. The van der Waals surface area contributed by atoms with Gasteiger partial charge in [-0.2, -0.15) is 0 Å². The molecule has 3 rings (SSSR count). The number of hydrogen-bond donors (Lipinski definition) is 1. The summed E-state index contributed by atoms with van der Waals surface area (Å²) in [5.41, 5.74) is 1.61. The molecule has 1 N–H and O–H groups in total. The van der Waals surface area contributed by atoms with E-state index in [9.17, 15) is 0 Å². The highest BCUT2D eigenvalue weighted by atomic mass is 127. The minimum absolute atomic E-state index is 0.649. The highest BCUT2D eigenvalue weighted by Gasteiger charge is 2.33. The molecular formula is C13H18INS. The molecule has 2 aliphatic rings. The predicted molar refractivity (Wildman–Crippen MR) is 78.0 cm³/mol. The lowest BCUT2D eigenvalue weighted by atomic mass is 9.94. The molecule has 0 amide bonds. The van der Waals surface area contributed by atoms with Crippen molar-refractivity contribution in [2.75, 3.05) is 6.54 Å². The number of nitrogens with one attached hydrogen (secondary N) is 1. The van der Waals surface area contributed by atoms with E-state index < -0.39 is 0 Å². The lowest BCUT2D eigenvalue weighted by Crippen LogP contribution is -2.26. The molecule has 0 spiro atoms. The summed E-state index contributed by atoms with van der Waals surface area (Å²) < 4.78 is 1.45.